The van der Waals surface area contributed by atoms with Gasteiger partial charge in [0.25, 0.3) is 0 Å². The molecule has 150 valence electrons. The summed E-state index contributed by atoms with van der Waals surface area (Å²) in [6.45, 7) is -0.452. The van der Waals surface area contributed by atoms with Crippen LogP contribution in [0, 0.1) is 11.8 Å². The van der Waals surface area contributed by atoms with Crippen LogP contribution in [0.5, 0.6) is 0 Å². The zero-order valence-electron chi connectivity index (χ0n) is 15.1. The van der Waals surface area contributed by atoms with Gasteiger partial charge in [-0.05, 0) is 11.5 Å². The van der Waals surface area contributed by atoms with E-state index in [2.05, 4.69) is 26.8 Å². The lowest BCUT2D eigenvalue weighted by Gasteiger charge is -2.16. The smallest absolute Gasteiger partial charge is 0.209 e. The Morgan fingerprint density at radius 3 is 2.62 bits per heavy atom. The van der Waals surface area contributed by atoms with E-state index >= 15 is 0 Å². The second kappa shape index (κ2) is 7.75. The van der Waals surface area contributed by atoms with Crippen LogP contribution in [0.2, 0.25) is 0 Å². The number of ether oxygens (including phenoxy) is 1. The molecule has 29 heavy (non-hydrogen) atoms. The number of rotatable bonds is 3. The Bertz CT molecular complexity index is 1080. The predicted molar refractivity (Wildman–Crippen MR) is 101 cm³/mol. The molecule has 3 heterocycles. The average Bonchev–Trinajstić information content (AvgIpc) is 3.28. The standard InChI is InChI=1S/C19H19N5O5/c20-17-14-18(24(9-21-14)19-16(28)15(27)12(8-25)29-19)23-13(22-17)7-6-11(26)10-4-2-1-3-5-10/h1-5,9,11-12,15-16,19,25-28H,8H2,(H2,20,22,23)/t11?,12-,15-,16-,19-/m1/s1. The number of nitrogen functional groups attached to an aromatic ring is 1. The van der Waals surface area contributed by atoms with Crippen LogP contribution in [0.4, 0.5) is 5.82 Å². The molecule has 10 heteroatoms. The van der Waals surface area contributed by atoms with Crippen LogP contribution >= 0.6 is 0 Å². The van der Waals surface area contributed by atoms with Crippen LogP contribution in [0.3, 0.4) is 0 Å². The van der Waals surface area contributed by atoms with Crippen molar-refractivity contribution in [3.8, 4) is 11.8 Å². The lowest BCUT2D eigenvalue weighted by molar-refractivity contribution is -0.0511. The summed E-state index contributed by atoms with van der Waals surface area (Å²) < 4.78 is 6.92. The second-order valence-corrected chi connectivity index (χ2v) is 6.57. The number of aliphatic hydroxyl groups excluding tert-OH is 4. The van der Waals surface area contributed by atoms with Crippen LogP contribution < -0.4 is 5.73 Å². The number of nitrogens with zero attached hydrogens (tertiary/aromatic N) is 4. The van der Waals surface area contributed by atoms with E-state index in [1.54, 1.807) is 24.3 Å². The summed E-state index contributed by atoms with van der Waals surface area (Å²) in [6.07, 6.45) is -4.19. The van der Waals surface area contributed by atoms with Gasteiger partial charge < -0.3 is 30.9 Å². The van der Waals surface area contributed by atoms with Crippen molar-refractivity contribution < 1.29 is 25.2 Å². The number of imidazole rings is 1. The van der Waals surface area contributed by atoms with Gasteiger partial charge in [-0.3, -0.25) is 4.57 Å². The van der Waals surface area contributed by atoms with Gasteiger partial charge in [0.1, 0.15) is 29.9 Å². The fourth-order valence-corrected chi connectivity index (χ4v) is 3.14. The molecule has 0 bridgehead atoms. The zero-order chi connectivity index (χ0) is 20.5. The summed E-state index contributed by atoms with van der Waals surface area (Å²) in [5.74, 6) is 5.47. The Labute approximate surface area is 165 Å². The predicted octanol–water partition coefficient (Wildman–Crippen LogP) is -0.895. The highest BCUT2D eigenvalue weighted by Gasteiger charge is 2.44. The molecule has 4 rings (SSSR count). The van der Waals surface area contributed by atoms with Gasteiger partial charge in [-0.2, -0.15) is 0 Å². The maximum absolute atomic E-state index is 10.3. The lowest BCUT2D eigenvalue weighted by atomic mass is 10.1. The molecule has 0 spiro atoms. The van der Waals surface area contributed by atoms with Crippen molar-refractivity contribution in [2.45, 2.75) is 30.6 Å². The third kappa shape index (κ3) is 3.53. The molecule has 1 saturated heterocycles. The van der Waals surface area contributed by atoms with Crippen molar-refractivity contribution in [3.05, 3.63) is 48.0 Å². The van der Waals surface area contributed by atoms with Gasteiger partial charge in [0.05, 0.1) is 12.9 Å². The molecule has 0 aliphatic carbocycles. The number of anilines is 1. The summed E-state index contributed by atoms with van der Waals surface area (Å²) in [4.78, 5) is 12.5. The highest BCUT2D eigenvalue weighted by atomic mass is 16.6. The molecule has 0 radical (unpaired) electrons. The van der Waals surface area contributed by atoms with E-state index in [0.717, 1.165) is 0 Å². The highest BCUT2D eigenvalue weighted by molar-refractivity contribution is 5.82. The number of aromatic nitrogens is 4. The van der Waals surface area contributed by atoms with E-state index in [9.17, 15) is 20.4 Å². The van der Waals surface area contributed by atoms with Gasteiger partial charge in [-0.1, -0.05) is 36.3 Å². The molecule has 1 fully saturated rings. The van der Waals surface area contributed by atoms with Crippen molar-refractivity contribution in [1.29, 1.82) is 0 Å². The van der Waals surface area contributed by atoms with Crippen LogP contribution in [0.15, 0.2) is 36.7 Å². The maximum atomic E-state index is 10.3. The van der Waals surface area contributed by atoms with Gasteiger partial charge >= 0.3 is 0 Å². The van der Waals surface area contributed by atoms with E-state index in [4.69, 9.17) is 10.5 Å². The van der Waals surface area contributed by atoms with Crippen molar-refractivity contribution in [2.24, 2.45) is 0 Å². The first kappa shape index (κ1) is 19.3. The molecule has 3 aromatic rings. The summed E-state index contributed by atoms with van der Waals surface area (Å²) >= 11 is 0. The number of hydrogen-bond acceptors (Lipinski definition) is 9. The fourth-order valence-electron chi connectivity index (χ4n) is 3.14. The molecule has 1 aromatic carbocycles. The Kier molecular flexibility index (Phi) is 5.14. The van der Waals surface area contributed by atoms with Gasteiger partial charge in [0.15, 0.2) is 17.7 Å². The van der Waals surface area contributed by atoms with E-state index < -0.39 is 37.3 Å². The number of benzene rings is 1. The number of hydrogen-bond donors (Lipinski definition) is 5. The molecule has 1 unspecified atom stereocenters. The van der Waals surface area contributed by atoms with Gasteiger partial charge in [-0.25, -0.2) is 15.0 Å². The van der Waals surface area contributed by atoms with Gasteiger partial charge in [-0.15, -0.1) is 0 Å². The number of aliphatic hydroxyl groups is 4. The number of nitrogens with two attached hydrogens (primary N) is 1. The molecule has 1 aliphatic rings. The molecule has 1 aliphatic heterocycles. The molecule has 5 atom stereocenters. The first-order valence-corrected chi connectivity index (χ1v) is 8.86. The molecule has 6 N–H and O–H groups in total. The first-order chi connectivity index (χ1) is 14.0. The van der Waals surface area contributed by atoms with Crippen LogP contribution in [-0.4, -0.2) is 64.9 Å². The zero-order valence-corrected chi connectivity index (χ0v) is 15.1. The minimum Gasteiger partial charge on any atom is -0.394 e. The normalized spacial score (nSPS) is 25.0. The number of fused-ring (bicyclic) bond motifs is 1. The molecular weight excluding hydrogens is 378 g/mol. The third-order valence-electron chi connectivity index (χ3n) is 4.68. The lowest BCUT2D eigenvalue weighted by Crippen LogP contribution is -2.33. The summed E-state index contributed by atoms with van der Waals surface area (Å²) in [5, 5.41) is 39.7. The first-order valence-electron chi connectivity index (χ1n) is 8.86. The largest absolute Gasteiger partial charge is 0.394 e. The molecule has 0 saturated carbocycles. The van der Waals surface area contributed by atoms with Gasteiger partial charge in [0.2, 0.25) is 5.82 Å². The third-order valence-corrected chi connectivity index (χ3v) is 4.68. The van der Waals surface area contributed by atoms with Crippen molar-refractivity contribution in [2.75, 3.05) is 12.3 Å². The van der Waals surface area contributed by atoms with Gasteiger partial charge in [0, 0.05) is 0 Å². The summed E-state index contributed by atoms with van der Waals surface area (Å²) in [7, 11) is 0. The maximum Gasteiger partial charge on any atom is 0.209 e. The topological polar surface area (TPSA) is 160 Å². The van der Waals surface area contributed by atoms with Crippen LogP contribution in [0.1, 0.15) is 23.7 Å². The fraction of sp³-hybridized carbons (Fsp3) is 0.316. The second-order valence-electron chi connectivity index (χ2n) is 6.57. The SMILES string of the molecule is Nc1nc(C#CC(O)c2ccccc2)nc2c1ncn2[C@@H]1O[C@H](CO)[C@@H](O)[C@H]1O. The quantitative estimate of drug-likeness (QED) is 0.353. The molecule has 0 amide bonds. The van der Waals surface area contributed by atoms with Crippen LogP contribution in [-0.2, 0) is 4.74 Å². The Morgan fingerprint density at radius 1 is 1.17 bits per heavy atom. The Hall–Kier alpha value is -3.07. The minimum atomic E-state index is -1.30. The monoisotopic (exact) mass is 397 g/mol. The Balaban J connectivity index is 1.69. The molecule has 10 nitrogen and oxygen atoms in total. The molecule has 2 aromatic heterocycles. The van der Waals surface area contributed by atoms with E-state index in [-0.39, 0.29) is 22.8 Å². The van der Waals surface area contributed by atoms with E-state index in [1.807, 2.05) is 6.07 Å². The van der Waals surface area contributed by atoms with E-state index in [0.29, 0.717) is 5.56 Å². The summed E-state index contributed by atoms with van der Waals surface area (Å²) in [6, 6.07) is 8.91. The Morgan fingerprint density at radius 2 is 1.93 bits per heavy atom. The highest BCUT2D eigenvalue weighted by Crippen LogP contribution is 2.31. The van der Waals surface area contributed by atoms with Crippen LogP contribution in [0.25, 0.3) is 11.2 Å². The summed E-state index contributed by atoms with van der Waals surface area (Å²) in [5.41, 5.74) is 7.10. The van der Waals surface area contributed by atoms with Crippen molar-refractivity contribution in [3.63, 3.8) is 0 Å². The van der Waals surface area contributed by atoms with Crippen molar-refractivity contribution >= 4 is 17.0 Å². The molecular formula is C19H19N5O5. The van der Waals surface area contributed by atoms with E-state index in [1.165, 1.54) is 10.9 Å². The average molecular weight is 397 g/mol. The van der Waals surface area contributed by atoms with Crippen molar-refractivity contribution in [1.82, 2.24) is 19.5 Å². The minimum absolute atomic E-state index is 0.0541.